The van der Waals surface area contributed by atoms with Gasteiger partial charge in [0.25, 0.3) is 5.91 Å². The van der Waals surface area contributed by atoms with Crippen LogP contribution < -0.4 is 5.01 Å². The molecule has 0 fully saturated rings. The van der Waals surface area contributed by atoms with Crippen LogP contribution in [0.2, 0.25) is 5.02 Å². The van der Waals surface area contributed by atoms with Gasteiger partial charge in [0.15, 0.2) is 0 Å². The van der Waals surface area contributed by atoms with Crippen molar-refractivity contribution in [1.82, 2.24) is 0 Å². The van der Waals surface area contributed by atoms with Crippen LogP contribution in [0.4, 0.5) is 5.69 Å². The fourth-order valence-corrected chi connectivity index (χ4v) is 1.83. The average Bonchev–Trinajstić information content (AvgIpc) is 2.45. The Morgan fingerprint density at radius 2 is 2.13 bits per heavy atom. The Morgan fingerprint density at radius 3 is 2.67 bits per heavy atom. The first kappa shape index (κ1) is 10.2. The predicted molar refractivity (Wildman–Crippen MR) is 61.4 cm³/mol. The second-order valence-electron chi connectivity index (χ2n) is 3.65. The van der Waals surface area contributed by atoms with E-state index < -0.39 is 0 Å². The molecule has 0 aromatic heterocycles. The summed E-state index contributed by atoms with van der Waals surface area (Å²) in [6.45, 7) is 3.76. The molecule has 0 saturated carbocycles. The molecule has 0 radical (unpaired) electrons. The van der Waals surface area contributed by atoms with Gasteiger partial charge in [-0.05, 0) is 37.6 Å². The largest absolute Gasteiger partial charge is 0.272 e. The van der Waals surface area contributed by atoms with Crippen LogP contribution in [-0.4, -0.2) is 11.6 Å². The van der Waals surface area contributed by atoms with Crippen LogP contribution in [-0.2, 0) is 4.79 Å². The minimum absolute atomic E-state index is 0.0120. The van der Waals surface area contributed by atoms with E-state index in [9.17, 15) is 4.79 Å². The fourth-order valence-electron chi connectivity index (χ4n) is 1.60. The van der Waals surface area contributed by atoms with Crippen molar-refractivity contribution in [2.75, 3.05) is 5.01 Å². The molecule has 2 rings (SSSR count). The first-order valence-corrected chi connectivity index (χ1v) is 5.09. The molecule has 1 aliphatic heterocycles. The van der Waals surface area contributed by atoms with Crippen molar-refractivity contribution in [3.05, 3.63) is 28.8 Å². The second-order valence-corrected chi connectivity index (χ2v) is 4.08. The van der Waals surface area contributed by atoms with Gasteiger partial charge in [-0.25, -0.2) is 5.01 Å². The molecule has 0 aliphatic carbocycles. The lowest BCUT2D eigenvalue weighted by Crippen LogP contribution is -2.20. The number of carbonyl (C=O) groups is 1. The van der Waals surface area contributed by atoms with Crippen molar-refractivity contribution >= 4 is 28.9 Å². The lowest BCUT2D eigenvalue weighted by molar-refractivity contribution is -0.116. The highest BCUT2D eigenvalue weighted by Crippen LogP contribution is 2.26. The molecule has 1 amide bonds. The van der Waals surface area contributed by atoms with Crippen molar-refractivity contribution in [2.45, 2.75) is 20.3 Å². The molecule has 0 N–H and O–H groups in total. The Balaban J connectivity index is 2.42. The number of hydrogen-bond donors (Lipinski definition) is 0. The molecule has 0 atom stereocenters. The number of rotatable bonds is 1. The van der Waals surface area contributed by atoms with E-state index in [1.165, 1.54) is 5.01 Å². The van der Waals surface area contributed by atoms with Gasteiger partial charge in [-0.3, -0.25) is 4.79 Å². The Labute approximate surface area is 93.3 Å². The zero-order valence-electron chi connectivity index (χ0n) is 8.62. The summed E-state index contributed by atoms with van der Waals surface area (Å²) in [5, 5.41) is 6.30. The van der Waals surface area contributed by atoms with Crippen molar-refractivity contribution in [3.8, 4) is 0 Å². The van der Waals surface area contributed by atoms with Gasteiger partial charge >= 0.3 is 0 Å². The molecule has 0 spiro atoms. The zero-order valence-corrected chi connectivity index (χ0v) is 9.38. The van der Waals surface area contributed by atoms with Gasteiger partial charge in [0.1, 0.15) is 0 Å². The monoisotopic (exact) mass is 222 g/mol. The van der Waals surface area contributed by atoms with Gasteiger partial charge in [-0.2, -0.15) is 5.10 Å². The van der Waals surface area contributed by atoms with E-state index in [-0.39, 0.29) is 5.91 Å². The van der Waals surface area contributed by atoms with Crippen LogP contribution in [0.5, 0.6) is 0 Å². The summed E-state index contributed by atoms with van der Waals surface area (Å²) in [6, 6.07) is 5.41. The average molecular weight is 223 g/mol. The lowest BCUT2D eigenvalue weighted by atomic mass is 10.2. The third-order valence-corrected chi connectivity index (χ3v) is 2.54. The first-order valence-electron chi connectivity index (χ1n) is 4.71. The molecule has 78 valence electrons. The molecule has 0 bridgehead atoms. The standard InChI is InChI=1S/C11H11ClN2O/c1-7-5-9(12)3-4-10(7)14-11(15)6-8(2)13-14/h3-5H,6H2,1-2H3. The number of benzene rings is 1. The van der Waals surface area contributed by atoms with Crippen LogP contribution in [0.1, 0.15) is 18.9 Å². The van der Waals surface area contributed by atoms with Gasteiger partial charge < -0.3 is 0 Å². The van der Waals surface area contributed by atoms with Gasteiger partial charge in [0.2, 0.25) is 0 Å². The second kappa shape index (κ2) is 3.66. The molecule has 0 saturated heterocycles. The number of aryl methyl sites for hydroxylation is 1. The van der Waals surface area contributed by atoms with Gasteiger partial charge in [0.05, 0.1) is 12.1 Å². The fraction of sp³-hybridized carbons (Fsp3) is 0.273. The quantitative estimate of drug-likeness (QED) is 0.719. The van der Waals surface area contributed by atoms with Crippen LogP contribution in [0.3, 0.4) is 0 Å². The zero-order chi connectivity index (χ0) is 11.0. The molecule has 1 aromatic rings. The molecule has 0 unspecified atom stereocenters. The highest BCUT2D eigenvalue weighted by atomic mass is 35.5. The number of hydrogen-bond acceptors (Lipinski definition) is 2. The van der Waals surface area contributed by atoms with Gasteiger partial charge in [-0.1, -0.05) is 11.6 Å². The number of amides is 1. The maximum Gasteiger partial charge on any atom is 0.253 e. The lowest BCUT2D eigenvalue weighted by Gasteiger charge is -2.14. The summed E-state index contributed by atoms with van der Waals surface area (Å²) in [5.41, 5.74) is 2.60. The van der Waals surface area contributed by atoms with Crippen molar-refractivity contribution in [2.24, 2.45) is 5.10 Å². The number of nitrogens with zero attached hydrogens (tertiary/aromatic N) is 2. The summed E-state index contributed by atoms with van der Waals surface area (Å²) in [5.74, 6) is 0.0120. The van der Waals surface area contributed by atoms with Crippen molar-refractivity contribution < 1.29 is 4.79 Å². The minimum atomic E-state index is 0.0120. The highest BCUT2D eigenvalue weighted by Gasteiger charge is 2.23. The summed E-state index contributed by atoms with van der Waals surface area (Å²) in [7, 11) is 0. The summed E-state index contributed by atoms with van der Waals surface area (Å²) in [4.78, 5) is 11.6. The van der Waals surface area contributed by atoms with Gasteiger partial charge in [-0.15, -0.1) is 0 Å². The topological polar surface area (TPSA) is 32.7 Å². The third kappa shape index (κ3) is 1.88. The van der Waals surface area contributed by atoms with E-state index in [0.717, 1.165) is 17.0 Å². The summed E-state index contributed by atoms with van der Waals surface area (Å²) >= 11 is 5.85. The van der Waals surface area contributed by atoms with E-state index in [2.05, 4.69) is 5.10 Å². The Bertz CT molecular complexity index is 454. The third-order valence-electron chi connectivity index (χ3n) is 2.30. The van der Waals surface area contributed by atoms with Crippen LogP contribution in [0.25, 0.3) is 0 Å². The first-order chi connectivity index (χ1) is 7.08. The number of anilines is 1. The van der Waals surface area contributed by atoms with E-state index in [1.807, 2.05) is 26.0 Å². The van der Waals surface area contributed by atoms with Crippen LogP contribution in [0, 0.1) is 6.92 Å². The summed E-state index contributed by atoms with van der Waals surface area (Å²) in [6.07, 6.45) is 0.405. The predicted octanol–water partition coefficient (Wildman–Crippen LogP) is 2.76. The number of halogens is 1. The van der Waals surface area contributed by atoms with Gasteiger partial charge in [0, 0.05) is 10.7 Å². The SMILES string of the molecule is CC1=NN(c2ccc(Cl)cc2C)C(=O)C1. The molecule has 1 aromatic carbocycles. The van der Waals surface area contributed by atoms with Crippen LogP contribution in [0.15, 0.2) is 23.3 Å². The molecule has 1 heterocycles. The smallest absolute Gasteiger partial charge is 0.253 e. The Hall–Kier alpha value is -1.35. The molecule has 1 aliphatic rings. The number of hydrazone groups is 1. The molecular formula is C11H11ClN2O. The normalized spacial score (nSPS) is 15.8. The van der Waals surface area contributed by atoms with E-state index in [1.54, 1.807) is 6.07 Å². The van der Waals surface area contributed by atoms with E-state index in [4.69, 9.17) is 11.6 Å². The van der Waals surface area contributed by atoms with Crippen molar-refractivity contribution in [3.63, 3.8) is 0 Å². The maximum atomic E-state index is 11.6. The minimum Gasteiger partial charge on any atom is -0.272 e. The Morgan fingerprint density at radius 1 is 1.40 bits per heavy atom. The Kier molecular flexibility index (Phi) is 2.49. The number of carbonyl (C=O) groups excluding carboxylic acids is 1. The summed E-state index contributed by atoms with van der Waals surface area (Å²) < 4.78 is 0. The molecule has 4 heteroatoms. The molecular weight excluding hydrogens is 212 g/mol. The van der Waals surface area contributed by atoms with Crippen LogP contribution >= 0.6 is 11.6 Å². The molecule has 15 heavy (non-hydrogen) atoms. The maximum absolute atomic E-state index is 11.6. The molecule has 3 nitrogen and oxygen atoms in total. The van der Waals surface area contributed by atoms with E-state index >= 15 is 0 Å². The highest BCUT2D eigenvalue weighted by molar-refractivity contribution is 6.30. The van der Waals surface area contributed by atoms with E-state index in [0.29, 0.717) is 11.4 Å². The van der Waals surface area contributed by atoms with Crippen molar-refractivity contribution in [1.29, 1.82) is 0 Å².